The first-order valence-electron chi connectivity index (χ1n) is 6.14. The van der Waals surface area contributed by atoms with Crippen molar-refractivity contribution in [3.8, 4) is 0 Å². The van der Waals surface area contributed by atoms with Crippen LogP contribution < -0.4 is 5.73 Å². The fraction of sp³-hybridized carbons (Fsp3) is 0.833. The van der Waals surface area contributed by atoms with E-state index in [1.165, 1.54) is 0 Å². The summed E-state index contributed by atoms with van der Waals surface area (Å²) in [6.45, 7) is 11.1. The smallest absolute Gasteiger partial charge is 0.0967 e. The minimum atomic E-state index is 0.266. The molecular formula is C12H25N5. The highest BCUT2D eigenvalue weighted by Crippen LogP contribution is 2.23. The van der Waals surface area contributed by atoms with Crippen molar-refractivity contribution in [3.63, 3.8) is 0 Å². The minimum absolute atomic E-state index is 0.266. The largest absolute Gasteiger partial charge is 0.329 e. The molecule has 1 atom stereocenters. The van der Waals surface area contributed by atoms with Gasteiger partial charge in [-0.15, -0.1) is 5.10 Å². The quantitative estimate of drug-likeness (QED) is 0.836. The normalized spacial score (nSPS) is 14.3. The first-order chi connectivity index (χ1) is 7.84. The van der Waals surface area contributed by atoms with Crippen molar-refractivity contribution in [2.75, 3.05) is 13.6 Å². The van der Waals surface area contributed by atoms with Gasteiger partial charge in [0.1, 0.15) is 0 Å². The van der Waals surface area contributed by atoms with Gasteiger partial charge in [-0.3, -0.25) is 9.58 Å². The summed E-state index contributed by atoms with van der Waals surface area (Å²) in [5, 5.41) is 8.20. The van der Waals surface area contributed by atoms with Crippen LogP contribution in [0.2, 0.25) is 0 Å². The van der Waals surface area contributed by atoms with E-state index in [2.05, 4.69) is 50.0 Å². The van der Waals surface area contributed by atoms with E-state index in [-0.39, 0.29) is 5.41 Å². The number of rotatable bonds is 5. The second kappa shape index (κ2) is 5.60. The van der Waals surface area contributed by atoms with E-state index in [1.54, 1.807) is 4.68 Å². The average Bonchev–Trinajstić information content (AvgIpc) is 2.63. The number of hydrogen-bond donors (Lipinski definition) is 1. The summed E-state index contributed by atoms with van der Waals surface area (Å²) in [7, 11) is 2.12. The summed E-state index contributed by atoms with van der Waals surface area (Å²) in [6, 6.07) is 0.488. The number of nitrogens with two attached hydrogens (primary N) is 1. The zero-order valence-corrected chi connectivity index (χ0v) is 11.6. The van der Waals surface area contributed by atoms with Crippen molar-refractivity contribution in [2.45, 2.75) is 46.8 Å². The molecule has 0 amide bonds. The third kappa shape index (κ3) is 4.09. The number of hydrogen-bond acceptors (Lipinski definition) is 4. The first-order valence-corrected chi connectivity index (χ1v) is 6.14. The molecule has 0 aromatic carbocycles. The van der Waals surface area contributed by atoms with E-state index in [9.17, 15) is 0 Å². The second-order valence-electron chi connectivity index (χ2n) is 5.72. The van der Waals surface area contributed by atoms with Gasteiger partial charge in [-0.25, -0.2) is 0 Å². The average molecular weight is 239 g/mol. The SMILES string of the molecule is CC(N(C)Cc1cn(CCN)nn1)C(C)(C)C. The lowest BCUT2D eigenvalue weighted by molar-refractivity contribution is 0.133. The van der Waals surface area contributed by atoms with E-state index >= 15 is 0 Å². The summed E-state index contributed by atoms with van der Waals surface area (Å²) in [6.07, 6.45) is 1.97. The third-order valence-corrected chi connectivity index (χ3v) is 3.27. The zero-order valence-electron chi connectivity index (χ0n) is 11.6. The van der Waals surface area contributed by atoms with Gasteiger partial charge in [0.15, 0.2) is 0 Å². The Labute approximate surface area is 104 Å². The molecule has 2 N–H and O–H groups in total. The predicted molar refractivity (Wildman–Crippen MR) is 69.5 cm³/mol. The van der Waals surface area contributed by atoms with Crippen LogP contribution in [0.25, 0.3) is 0 Å². The molecule has 0 aliphatic rings. The fourth-order valence-corrected chi connectivity index (χ4v) is 1.71. The lowest BCUT2D eigenvalue weighted by atomic mass is 9.87. The van der Waals surface area contributed by atoms with Crippen LogP contribution in [0, 0.1) is 5.41 Å². The molecule has 1 unspecified atom stereocenters. The van der Waals surface area contributed by atoms with E-state index in [0.29, 0.717) is 12.6 Å². The molecular weight excluding hydrogens is 214 g/mol. The van der Waals surface area contributed by atoms with Gasteiger partial charge >= 0.3 is 0 Å². The van der Waals surface area contributed by atoms with Crippen molar-refractivity contribution in [3.05, 3.63) is 11.9 Å². The Morgan fingerprint density at radius 1 is 1.47 bits per heavy atom. The summed E-state index contributed by atoms with van der Waals surface area (Å²) in [4.78, 5) is 2.30. The second-order valence-corrected chi connectivity index (χ2v) is 5.72. The van der Waals surface area contributed by atoms with Crippen LogP contribution in [-0.2, 0) is 13.1 Å². The molecule has 17 heavy (non-hydrogen) atoms. The molecule has 0 spiro atoms. The monoisotopic (exact) mass is 239 g/mol. The molecule has 0 bridgehead atoms. The highest BCUT2D eigenvalue weighted by atomic mass is 15.4. The Bertz CT molecular complexity index is 339. The van der Waals surface area contributed by atoms with Crippen LogP contribution >= 0.6 is 0 Å². The summed E-state index contributed by atoms with van der Waals surface area (Å²) >= 11 is 0. The Morgan fingerprint density at radius 3 is 2.65 bits per heavy atom. The summed E-state index contributed by atoms with van der Waals surface area (Å²) in [5.41, 5.74) is 6.74. The molecule has 0 aliphatic carbocycles. The van der Waals surface area contributed by atoms with Gasteiger partial charge in [0.25, 0.3) is 0 Å². The molecule has 1 rings (SSSR count). The van der Waals surface area contributed by atoms with Gasteiger partial charge < -0.3 is 5.73 Å². The first kappa shape index (κ1) is 14.1. The van der Waals surface area contributed by atoms with E-state index in [0.717, 1.165) is 18.8 Å². The minimum Gasteiger partial charge on any atom is -0.329 e. The highest BCUT2D eigenvalue weighted by Gasteiger charge is 2.24. The summed E-state index contributed by atoms with van der Waals surface area (Å²) in [5.74, 6) is 0. The topological polar surface area (TPSA) is 60.0 Å². The summed E-state index contributed by atoms with van der Waals surface area (Å²) < 4.78 is 1.80. The van der Waals surface area contributed by atoms with Gasteiger partial charge in [-0.1, -0.05) is 26.0 Å². The molecule has 0 saturated heterocycles. The molecule has 0 aliphatic heterocycles. The standard InChI is InChI=1S/C12H25N5/c1-10(12(2,3)4)16(5)8-11-9-17(7-6-13)15-14-11/h9-10H,6-8,13H2,1-5H3. The van der Waals surface area contributed by atoms with Gasteiger partial charge in [-0.2, -0.15) is 0 Å². The Balaban J connectivity index is 2.58. The van der Waals surface area contributed by atoms with Crippen LogP contribution in [-0.4, -0.2) is 39.5 Å². The van der Waals surface area contributed by atoms with Gasteiger partial charge in [0.2, 0.25) is 0 Å². The lowest BCUT2D eigenvalue weighted by Crippen LogP contribution is -2.38. The van der Waals surface area contributed by atoms with Gasteiger partial charge in [0, 0.05) is 25.3 Å². The van der Waals surface area contributed by atoms with Crippen molar-refractivity contribution >= 4 is 0 Å². The molecule has 0 saturated carbocycles. The highest BCUT2D eigenvalue weighted by molar-refractivity contribution is 4.93. The van der Waals surface area contributed by atoms with Crippen molar-refractivity contribution < 1.29 is 0 Å². The van der Waals surface area contributed by atoms with Crippen molar-refractivity contribution in [1.29, 1.82) is 0 Å². The van der Waals surface area contributed by atoms with Crippen LogP contribution in [0.3, 0.4) is 0 Å². The number of nitrogens with zero attached hydrogens (tertiary/aromatic N) is 4. The van der Waals surface area contributed by atoms with Gasteiger partial charge in [0.05, 0.1) is 12.2 Å². The van der Waals surface area contributed by atoms with Crippen LogP contribution in [0.4, 0.5) is 0 Å². The molecule has 1 heterocycles. The molecule has 1 aromatic rings. The molecule has 0 radical (unpaired) electrons. The molecule has 98 valence electrons. The zero-order chi connectivity index (χ0) is 13.1. The lowest BCUT2D eigenvalue weighted by Gasteiger charge is -2.34. The third-order valence-electron chi connectivity index (χ3n) is 3.27. The fourth-order valence-electron chi connectivity index (χ4n) is 1.71. The van der Waals surface area contributed by atoms with Crippen LogP contribution in [0.5, 0.6) is 0 Å². The van der Waals surface area contributed by atoms with E-state index in [1.807, 2.05) is 6.20 Å². The number of aromatic nitrogens is 3. The Kier molecular flexibility index (Phi) is 4.65. The maximum absolute atomic E-state index is 5.48. The molecule has 0 fully saturated rings. The maximum Gasteiger partial charge on any atom is 0.0967 e. The Morgan fingerprint density at radius 2 is 2.12 bits per heavy atom. The maximum atomic E-state index is 5.48. The van der Waals surface area contributed by atoms with E-state index in [4.69, 9.17) is 5.73 Å². The van der Waals surface area contributed by atoms with Crippen LogP contribution in [0.1, 0.15) is 33.4 Å². The van der Waals surface area contributed by atoms with Gasteiger partial charge in [-0.05, 0) is 19.4 Å². The molecule has 5 nitrogen and oxygen atoms in total. The van der Waals surface area contributed by atoms with Crippen LogP contribution in [0.15, 0.2) is 6.20 Å². The molecule has 5 heteroatoms. The predicted octanol–water partition coefficient (Wildman–Crippen LogP) is 1.10. The Hall–Kier alpha value is -0.940. The van der Waals surface area contributed by atoms with Crippen molar-refractivity contribution in [1.82, 2.24) is 19.9 Å². The van der Waals surface area contributed by atoms with Crippen molar-refractivity contribution in [2.24, 2.45) is 11.1 Å². The van der Waals surface area contributed by atoms with E-state index < -0.39 is 0 Å². The molecule has 1 aromatic heterocycles.